The van der Waals surface area contributed by atoms with E-state index in [0.717, 1.165) is 0 Å². The van der Waals surface area contributed by atoms with Gasteiger partial charge in [0.15, 0.2) is 0 Å². The number of carbonyl (C=O) groups is 2. The zero-order chi connectivity index (χ0) is 13.6. The summed E-state index contributed by atoms with van der Waals surface area (Å²) < 4.78 is 4.99. The van der Waals surface area contributed by atoms with Crippen molar-refractivity contribution in [2.45, 2.75) is 20.3 Å². The predicted molar refractivity (Wildman–Crippen MR) is 66.5 cm³/mol. The topological polar surface area (TPSA) is 75.6 Å². The number of carbonyl (C=O) groups excluding carboxylic acids is 1. The number of benzene rings is 1. The molecular formula is C13H17NO4. The van der Waals surface area contributed by atoms with Crippen LogP contribution in [0.25, 0.3) is 0 Å². The average molecular weight is 251 g/mol. The van der Waals surface area contributed by atoms with Crippen LogP contribution in [-0.4, -0.2) is 23.7 Å². The van der Waals surface area contributed by atoms with Gasteiger partial charge in [0.2, 0.25) is 0 Å². The van der Waals surface area contributed by atoms with Crippen molar-refractivity contribution in [2.75, 3.05) is 6.54 Å². The molecule has 0 aliphatic carbocycles. The number of carboxylic acids is 1. The number of ether oxygens (including phenoxy) is 1. The number of amides is 1. The zero-order valence-corrected chi connectivity index (χ0v) is 10.5. The molecule has 0 saturated carbocycles. The van der Waals surface area contributed by atoms with E-state index in [1.165, 1.54) is 0 Å². The second-order valence-electron chi connectivity index (χ2n) is 4.28. The molecule has 0 saturated heterocycles. The Morgan fingerprint density at radius 2 is 1.94 bits per heavy atom. The SMILES string of the molecule is CCC(C)(CNC(=O)Oc1ccccc1)C(=O)O. The first-order valence-electron chi connectivity index (χ1n) is 5.72. The molecule has 0 bridgehead atoms. The van der Waals surface area contributed by atoms with Gasteiger partial charge in [0.25, 0.3) is 0 Å². The smallest absolute Gasteiger partial charge is 0.412 e. The summed E-state index contributed by atoms with van der Waals surface area (Å²) in [4.78, 5) is 22.5. The molecule has 1 atom stereocenters. The van der Waals surface area contributed by atoms with Crippen LogP contribution < -0.4 is 10.1 Å². The molecule has 5 nitrogen and oxygen atoms in total. The van der Waals surface area contributed by atoms with Gasteiger partial charge in [-0.1, -0.05) is 25.1 Å². The summed E-state index contributed by atoms with van der Waals surface area (Å²) >= 11 is 0. The number of hydrogen-bond donors (Lipinski definition) is 2. The molecule has 0 heterocycles. The van der Waals surface area contributed by atoms with Crippen LogP contribution in [0.3, 0.4) is 0 Å². The molecule has 1 aromatic rings. The Morgan fingerprint density at radius 1 is 1.33 bits per heavy atom. The summed E-state index contributed by atoms with van der Waals surface area (Å²) in [5, 5.41) is 11.5. The van der Waals surface area contributed by atoms with Crippen LogP contribution in [0.15, 0.2) is 30.3 Å². The van der Waals surface area contributed by atoms with Crippen molar-refractivity contribution < 1.29 is 19.4 Å². The maximum atomic E-state index is 11.5. The molecule has 0 spiro atoms. The number of carboxylic acid groups (broad SMARTS) is 1. The van der Waals surface area contributed by atoms with Crippen molar-refractivity contribution in [3.63, 3.8) is 0 Å². The van der Waals surface area contributed by atoms with Crippen LogP contribution in [0, 0.1) is 5.41 Å². The summed E-state index contributed by atoms with van der Waals surface area (Å²) in [5.74, 6) is -0.520. The highest BCUT2D eigenvalue weighted by Gasteiger charge is 2.31. The van der Waals surface area contributed by atoms with E-state index < -0.39 is 17.5 Å². The highest BCUT2D eigenvalue weighted by molar-refractivity contribution is 5.76. The third-order valence-electron chi connectivity index (χ3n) is 2.87. The normalized spacial score (nSPS) is 13.4. The molecular weight excluding hydrogens is 234 g/mol. The molecule has 0 fully saturated rings. The van der Waals surface area contributed by atoms with Crippen LogP contribution >= 0.6 is 0 Å². The fourth-order valence-electron chi connectivity index (χ4n) is 1.25. The second kappa shape index (κ2) is 6.05. The van der Waals surface area contributed by atoms with Crippen LogP contribution in [0.2, 0.25) is 0 Å². The molecule has 1 aromatic carbocycles. The van der Waals surface area contributed by atoms with Crippen molar-refractivity contribution in [1.29, 1.82) is 0 Å². The number of hydrogen-bond acceptors (Lipinski definition) is 3. The van der Waals surface area contributed by atoms with Gasteiger partial charge < -0.3 is 15.2 Å². The van der Waals surface area contributed by atoms with E-state index >= 15 is 0 Å². The van der Waals surface area contributed by atoms with Gasteiger partial charge in [0, 0.05) is 6.54 Å². The fraction of sp³-hybridized carbons (Fsp3) is 0.385. The van der Waals surface area contributed by atoms with Gasteiger partial charge in [-0.25, -0.2) is 4.79 Å². The number of rotatable bonds is 5. The molecule has 0 aliphatic rings. The first-order chi connectivity index (χ1) is 8.48. The number of para-hydroxylation sites is 1. The lowest BCUT2D eigenvalue weighted by atomic mass is 9.88. The number of aliphatic carboxylic acids is 1. The van der Waals surface area contributed by atoms with E-state index in [1.54, 1.807) is 38.1 Å². The Hall–Kier alpha value is -2.04. The summed E-state index contributed by atoms with van der Waals surface area (Å²) in [7, 11) is 0. The van der Waals surface area contributed by atoms with Crippen molar-refractivity contribution in [3.05, 3.63) is 30.3 Å². The molecule has 5 heteroatoms. The quantitative estimate of drug-likeness (QED) is 0.841. The zero-order valence-electron chi connectivity index (χ0n) is 10.5. The monoisotopic (exact) mass is 251 g/mol. The van der Waals surface area contributed by atoms with Crippen LogP contribution in [-0.2, 0) is 4.79 Å². The van der Waals surface area contributed by atoms with E-state index in [1.807, 2.05) is 6.07 Å². The van der Waals surface area contributed by atoms with Gasteiger partial charge in [-0.3, -0.25) is 4.79 Å². The van der Waals surface area contributed by atoms with Gasteiger partial charge in [-0.2, -0.15) is 0 Å². The Balaban J connectivity index is 2.49. The van der Waals surface area contributed by atoms with Crippen molar-refractivity contribution in [1.82, 2.24) is 5.32 Å². The standard InChI is InChI=1S/C13H17NO4/c1-3-13(2,11(15)16)9-14-12(17)18-10-7-5-4-6-8-10/h4-8H,3,9H2,1-2H3,(H,14,17)(H,15,16). The average Bonchev–Trinajstić information content (AvgIpc) is 2.37. The third kappa shape index (κ3) is 3.76. The molecule has 0 aromatic heterocycles. The maximum Gasteiger partial charge on any atom is 0.412 e. The lowest BCUT2D eigenvalue weighted by molar-refractivity contribution is -0.147. The Labute approximate surface area is 106 Å². The summed E-state index contributed by atoms with van der Waals surface area (Å²) in [5.41, 5.74) is -0.976. The molecule has 98 valence electrons. The third-order valence-corrected chi connectivity index (χ3v) is 2.87. The van der Waals surface area contributed by atoms with Gasteiger partial charge in [0.05, 0.1) is 5.41 Å². The number of nitrogens with one attached hydrogen (secondary N) is 1. The van der Waals surface area contributed by atoms with Gasteiger partial charge in [-0.05, 0) is 25.5 Å². The second-order valence-corrected chi connectivity index (χ2v) is 4.28. The highest BCUT2D eigenvalue weighted by Crippen LogP contribution is 2.20. The van der Waals surface area contributed by atoms with Gasteiger partial charge in [0.1, 0.15) is 5.75 Å². The van der Waals surface area contributed by atoms with E-state index in [9.17, 15) is 9.59 Å². The Bertz CT molecular complexity index is 418. The van der Waals surface area contributed by atoms with Crippen molar-refractivity contribution in [2.24, 2.45) is 5.41 Å². The molecule has 18 heavy (non-hydrogen) atoms. The Morgan fingerprint density at radius 3 is 2.44 bits per heavy atom. The minimum absolute atomic E-state index is 0.0322. The van der Waals surface area contributed by atoms with Crippen molar-refractivity contribution in [3.8, 4) is 5.75 Å². The first kappa shape index (κ1) is 14.0. The van der Waals surface area contributed by atoms with Gasteiger partial charge >= 0.3 is 12.1 Å². The molecule has 1 unspecified atom stereocenters. The lowest BCUT2D eigenvalue weighted by Gasteiger charge is -2.22. The summed E-state index contributed by atoms with van der Waals surface area (Å²) in [6.07, 6.45) is -0.226. The van der Waals surface area contributed by atoms with Crippen molar-refractivity contribution >= 4 is 12.1 Å². The molecule has 1 rings (SSSR count). The van der Waals surface area contributed by atoms with E-state index in [4.69, 9.17) is 9.84 Å². The van der Waals surface area contributed by atoms with Gasteiger partial charge in [-0.15, -0.1) is 0 Å². The predicted octanol–water partition coefficient (Wildman–Crippen LogP) is 2.28. The molecule has 0 aliphatic heterocycles. The van der Waals surface area contributed by atoms with E-state index in [2.05, 4.69) is 5.32 Å². The molecule has 0 radical (unpaired) electrons. The largest absolute Gasteiger partial charge is 0.481 e. The maximum absolute atomic E-state index is 11.5. The van der Waals surface area contributed by atoms with E-state index in [-0.39, 0.29) is 6.54 Å². The molecule has 1 amide bonds. The first-order valence-corrected chi connectivity index (χ1v) is 5.72. The molecule has 2 N–H and O–H groups in total. The highest BCUT2D eigenvalue weighted by atomic mass is 16.6. The van der Waals surface area contributed by atoms with Crippen LogP contribution in [0.5, 0.6) is 5.75 Å². The van der Waals surface area contributed by atoms with E-state index in [0.29, 0.717) is 12.2 Å². The summed E-state index contributed by atoms with van der Waals surface area (Å²) in [6.45, 7) is 3.38. The fourth-order valence-corrected chi connectivity index (χ4v) is 1.25. The minimum atomic E-state index is -0.976. The minimum Gasteiger partial charge on any atom is -0.481 e. The van der Waals surface area contributed by atoms with Crippen LogP contribution in [0.1, 0.15) is 20.3 Å². The van der Waals surface area contributed by atoms with Crippen LogP contribution in [0.4, 0.5) is 4.79 Å². The lowest BCUT2D eigenvalue weighted by Crippen LogP contribution is -2.41. The summed E-state index contributed by atoms with van der Waals surface area (Å²) in [6, 6.07) is 8.60. The Kier molecular flexibility index (Phi) is 4.71.